The van der Waals surface area contributed by atoms with Gasteiger partial charge in [-0.1, -0.05) is 91.4 Å². The molecule has 3 aromatic carbocycles. The van der Waals surface area contributed by atoms with E-state index in [0.29, 0.717) is 22.2 Å². The molecule has 1 atom stereocenters. The van der Waals surface area contributed by atoms with E-state index in [0.717, 1.165) is 4.31 Å². The third-order valence-electron chi connectivity index (χ3n) is 6.25. The standard InChI is InChI=1S/C29H31Cl4N3O4S/c1-4-26(29(38)34-16-19(2)3)35(17-22-23(31)11-8-12-24(22)32)28(37)18-36(27-15-20(30)13-14-25(27)33)41(39,40)21-9-6-5-7-10-21/h5-15,19,26H,4,16-18H2,1-3H3,(H,34,38)/t26-/m1/s1. The molecule has 0 saturated carbocycles. The van der Waals surface area contributed by atoms with Crippen LogP contribution in [0.3, 0.4) is 0 Å². The van der Waals surface area contributed by atoms with Crippen molar-refractivity contribution in [3.63, 3.8) is 0 Å². The lowest BCUT2D eigenvalue weighted by Crippen LogP contribution is -2.52. The van der Waals surface area contributed by atoms with E-state index in [4.69, 9.17) is 46.4 Å². The molecule has 0 saturated heterocycles. The monoisotopic (exact) mass is 657 g/mol. The number of halogens is 4. The van der Waals surface area contributed by atoms with Crippen LogP contribution in [0, 0.1) is 5.92 Å². The number of rotatable bonds is 12. The average molecular weight is 659 g/mol. The van der Waals surface area contributed by atoms with Gasteiger partial charge in [0.1, 0.15) is 12.6 Å². The molecule has 0 aliphatic rings. The zero-order chi connectivity index (χ0) is 30.3. The number of hydrogen-bond donors (Lipinski definition) is 1. The van der Waals surface area contributed by atoms with Crippen LogP contribution in [0.25, 0.3) is 0 Å². The van der Waals surface area contributed by atoms with Gasteiger partial charge in [0.15, 0.2) is 0 Å². The molecular formula is C29H31Cl4N3O4S. The molecule has 0 radical (unpaired) electrons. The van der Waals surface area contributed by atoms with E-state index in [1.54, 1.807) is 43.3 Å². The van der Waals surface area contributed by atoms with Gasteiger partial charge in [-0.15, -0.1) is 0 Å². The number of hydrogen-bond acceptors (Lipinski definition) is 4. The van der Waals surface area contributed by atoms with Crippen molar-refractivity contribution in [3.8, 4) is 0 Å². The summed E-state index contributed by atoms with van der Waals surface area (Å²) in [5, 5.41) is 3.78. The molecule has 3 rings (SSSR count). The van der Waals surface area contributed by atoms with Gasteiger partial charge in [0.25, 0.3) is 10.0 Å². The summed E-state index contributed by atoms with van der Waals surface area (Å²) in [6.45, 7) is 5.27. The Morgan fingerprint density at radius 3 is 2.10 bits per heavy atom. The molecule has 1 N–H and O–H groups in total. The zero-order valence-corrected chi connectivity index (χ0v) is 26.6. The smallest absolute Gasteiger partial charge is 0.264 e. The van der Waals surface area contributed by atoms with Crippen LogP contribution in [0.15, 0.2) is 71.6 Å². The van der Waals surface area contributed by atoms with Gasteiger partial charge in [-0.3, -0.25) is 13.9 Å². The second-order valence-corrected chi connectivity index (χ2v) is 13.2. The summed E-state index contributed by atoms with van der Waals surface area (Å²) in [5.74, 6) is -0.867. The minimum Gasteiger partial charge on any atom is -0.354 e. The maximum atomic E-state index is 14.1. The van der Waals surface area contributed by atoms with Crippen molar-refractivity contribution in [2.45, 2.75) is 44.7 Å². The third-order valence-corrected chi connectivity index (χ3v) is 9.28. The molecular weight excluding hydrogens is 628 g/mol. The van der Waals surface area contributed by atoms with Crippen LogP contribution >= 0.6 is 46.4 Å². The van der Waals surface area contributed by atoms with Gasteiger partial charge >= 0.3 is 0 Å². The molecule has 0 aliphatic heterocycles. The molecule has 7 nitrogen and oxygen atoms in total. The van der Waals surface area contributed by atoms with Crippen LogP contribution in [-0.2, 0) is 26.2 Å². The number of anilines is 1. The van der Waals surface area contributed by atoms with Gasteiger partial charge in [-0.05, 0) is 54.8 Å². The Balaban J connectivity index is 2.12. The van der Waals surface area contributed by atoms with Crippen molar-refractivity contribution < 1.29 is 18.0 Å². The Labute approximate surface area is 261 Å². The molecule has 0 heterocycles. The Morgan fingerprint density at radius 1 is 0.878 bits per heavy atom. The molecule has 3 aromatic rings. The highest BCUT2D eigenvalue weighted by Gasteiger charge is 2.35. The van der Waals surface area contributed by atoms with Gasteiger partial charge in [-0.2, -0.15) is 0 Å². The summed E-state index contributed by atoms with van der Waals surface area (Å²) in [6.07, 6.45) is 0.251. The first kappa shape index (κ1) is 33.0. The molecule has 41 heavy (non-hydrogen) atoms. The molecule has 220 valence electrons. The predicted molar refractivity (Wildman–Crippen MR) is 166 cm³/mol. The summed E-state index contributed by atoms with van der Waals surface area (Å²) in [4.78, 5) is 28.7. The Bertz CT molecular complexity index is 1470. The SMILES string of the molecule is CC[C@H](C(=O)NCC(C)C)N(Cc1c(Cl)cccc1Cl)C(=O)CN(c1cc(Cl)ccc1Cl)S(=O)(=O)c1ccccc1. The lowest BCUT2D eigenvalue weighted by molar-refractivity contribution is -0.140. The Hall–Kier alpha value is -2.49. The van der Waals surface area contributed by atoms with E-state index >= 15 is 0 Å². The zero-order valence-electron chi connectivity index (χ0n) is 22.8. The highest BCUT2D eigenvalue weighted by Crippen LogP contribution is 2.34. The molecule has 0 fully saturated rings. The molecule has 0 spiro atoms. The number of nitrogens with zero attached hydrogens (tertiary/aromatic N) is 2. The maximum absolute atomic E-state index is 14.1. The first-order chi connectivity index (χ1) is 19.4. The van der Waals surface area contributed by atoms with Crippen molar-refractivity contribution >= 4 is 73.9 Å². The van der Waals surface area contributed by atoms with Crippen molar-refractivity contribution in [2.24, 2.45) is 5.92 Å². The average Bonchev–Trinajstić information content (AvgIpc) is 2.93. The molecule has 0 aromatic heterocycles. The van der Waals surface area contributed by atoms with E-state index in [-0.39, 0.29) is 45.4 Å². The second kappa shape index (κ2) is 14.6. The first-order valence-corrected chi connectivity index (χ1v) is 15.8. The van der Waals surface area contributed by atoms with E-state index < -0.39 is 28.5 Å². The summed E-state index contributed by atoms with van der Waals surface area (Å²) in [5.41, 5.74) is 0.446. The predicted octanol–water partition coefficient (Wildman–Crippen LogP) is 7.08. The van der Waals surface area contributed by atoms with E-state index in [1.807, 2.05) is 13.8 Å². The lowest BCUT2D eigenvalue weighted by atomic mass is 10.1. The highest BCUT2D eigenvalue weighted by molar-refractivity contribution is 7.92. The van der Waals surface area contributed by atoms with Gasteiger partial charge in [0.2, 0.25) is 11.8 Å². The molecule has 0 bridgehead atoms. The van der Waals surface area contributed by atoms with Crippen molar-refractivity contribution in [1.29, 1.82) is 0 Å². The van der Waals surface area contributed by atoms with Crippen LogP contribution < -0.4 is 9.62 Å². The fraction of sp³-hybridized carbons (Fsp3) is 0.310. The molecule has 0 aliphatic carbocycles. The van der Waals surface area contributed by atoms with Crippen molar-refractivity contribution in [2.75, 3.05) is 17.4 Å². The number of benzene rings is 3. The number of nitrogens with one attached hydrogen (secondary N) is 1. The van der Waals surface area contributed by atoms with Gasteiger partial charge in [0.05, 0.1) is 15.6 Å². The molecule has 12 heteroatoms. The van der Waals surface area contributed by atoms with Crippen LogP contribution in [0.4, 0.5) is 5.69 Å². The largest absolute Gasteiger partial charge is 0.354 e. The quantitative estimate of drug-likeness (QED) is 0.225. The summed E-state index contributed by atoms with van der Waals surface area (Å²) < 4.78 is 28.7. The molecule has 2 amide bonds. The van der Waals surface area contributed by atoms with Gasteiger partial charge < -0.3 is 10.2 Å². The first-order valence-electron chi connectivity index (χ1n) is 12.9. The minimum absolute atomic E-state index is 0.0180. The number of carbonyl (C=O) groups excluding carboxylic acids is 2. The Morgan fingerprint density at radius 2 is 1.51 bits per heavy atom. The summed E-state index contributed by atoms with van der Waals surface area (Å²) in [7, 11) is -4.30. The van der Waals surface area contributed by atoms with Gasteiger partial charge in [-0.25, -0.2) is 8.42 Å². The third kappa shape index (κ3) is 8.30. The van der Waals surface area contributed by atoms with Crippen molar-refractivity contribution in [1.82, 2.24) is 10.2 Å². The summed E-state index contributed by atoms with van der Waals surface area (Å²) in [6, 6.07) is 16.0. The second-order valence-electron chi connectivity index (χ2n) is 9.71. The fourth-order valence-electron chi connectivity index (χ4n) is 4.11. The topological polar surface area (TPSA) is 86.8 Å². The van der Waals surface area contributed by atoms with E-state index in [2.05, 4.69) is 5.32 Å². The molecule has 0 unspecified atom stereocenters. The Kier molecular flexibility index (Phi) is 11.8. The fourth-order valence-corrected chi connectivity index (χ4v) is 6.50. The number of sulfonamides is 1. The minimum atomic E-state index is -4.30. The van der Waals surface area contributed by atoms with E-state index in [1.165, 1.54) is 35.2 Å². The summed E-state index contributed by atoms with van der Waals surface area (Å²) >= 11 is 25.5. The van der Waals surface area contributed by atoms with Gasteiger partial charge in [0, 0.05) is 33.7 Å². The number of carbonyl (C=O) groups is 2. The maximum Gasteiger partial charge on any atom is 0.264 e. The normalized spacial score (nSPS) is 12.2. The van der Waals surface area contributed by atoms with Crippen LogP contribution in [-0.4, -0.2) is 44.3 Å². The van der Waals surface area contributed by atoms with Crippen LogP contribution in [0.2, 0.25) is 20.1 Å². The van der Waals surface area contributed by atoms with Crippen molar-refractivity contribution in [3.05, 3.63) is 92.4 Å². The van der Waals surface area contributed by atoms with E-state index in [9.17, 15) is 18.0 Å². The van der Waals surface area contributed by atoms with Crippen LogP contribution in [0.1, 0.15) is 32.8 Å². The highest BCUT2D eigenvalue weighted by atomic mass is 35.5. The lowest BCUT2D eigenvalue weighted by Gasteiger charge is -2.34. The van der Waals surface area contributed by atoms with Crippen LogP contribution in [0.5, 0.6) is 0 Å². The number of amides is 2.